The van der Waals surface area contributed by atoms with E-state index in [0.29, 0.717) is 12.1 Å². The maximum absolute atomic E-state index is 13.2. The van der Waals surface area contributed by atoms with Crippen molar-refractivity contribution < 1.29 is 13.2 Å². The van der Waals surface area contributed by atoms with Crippen molar-refractivity contribution >= 4 is 11.3 Å². The molecule has 0 amide bonds. The Bertz CT molecular complexity index is 502. The summed E-state index contributed by atoms with van der Waals surface area (Å²) in [6.07, 6.45) is 0. The summed E-state index contributed by atoms with van der Waals surface area (Å²) in [5.41, 5.74) is 1.29. The first-order valence-electron chi connectivity index (χ1n) is 5.53. The Morgan fingerprint density at radius 1 is 1.17 bits per heavy atom. The van der Waals surface area contributed by atoms with Crippen LogP contribution in [-0.2, 0) is 0 Å². The lowest BCUT2D eigenvalue weighted by Gasteiger charge is -2.17. The molecule has 5 heteroatoms. The number of thiophene rings is 1. The molecule has 0 aliphatic carbocycles. The lowest BCUT2D eigenvalue weighted by molar-refractivity contribution is 0.442. The average molecular weight is 271 g/mol. The summed E-state index contributed by atoms with van der Waals surface area (Å²) in [4.78, 5) is 0. The maximum atomic E-state index is 13.2. The standard InChI is InChI=1S/C13H12F3NS/c1-2-17-13(8-3-4-18-7-8)9-5-10(14)12(16)11(15)6-9/h3-7,13,17H,2H2,1H3. The van der Waals surface area contributed by atoms with Crippen molar-refractivity contribution in [1.82, 2.24) is 5.32 Å². The number of hydrogen-bond donors (Lipinski definition) is 1. The van der Waals surface area contributed by atoms with Crippen molar-refractivity contribution in [3.63, 3.8) is 0 Å². The van der Waals surface area contributed by atoms with E-state index in [-0.39, 0.29) is 6.04 Å². The van der Waals surface area contributed by atoms with Crippen LogP contribution in [0.25, 0.3) is 0 Å². The molecule has 1 nitrogen and oxygen atoms in total. The Labute approximate surface area is 107 Å². The topological polar surface area (TPSA) is 12.0 Å². The Morgan fingerprint density at radius 3 is 2.33 bits per heavy atom. The van der Waals surface area contributed by atoms with E-state index >= 15 is 0 Å². The molecule has 96 valence electrons. The van der Waals surface area contributed by atoms with Crippen molar-refractivity contribution in [3.05, 3.63) is 57.5 Å². The predicted octanol–water partition coefficient (Wildman–Crippen LogP) is 3.86. The zero-order valence-corrected chi connectivity index (χ0v) is 10.5. The van der Waals surface area contributed by atoms with Crippen molar-refractivity contribution in [3.8, 4) is 0 Å². The van der Waals surface area contributed by atoms with Gasteiger partial charge in [0.05, 0.1) is 6.04 Å². The van der Waals surface area contributed by atoms with Gasteiger partial charge in [0.2, 0.25) is 0 Å². The van der Waals surface area contributed by atoms with Crippen LogP contribution in [0.15, 0.2) is 29.0 Å². The molecule has 0 bridgehead atoms. The SMILES string of the molecule is CCNC(c1ccsc1)c1cc(F)c(F)c(F)c1. The van der Waals surface area contributed by atoms with Crippen molar-refractivity contribution in [2.75, 3.05) is 6.54 Å². The summed E-state index contributed by atoms with van der Waals surface area (Å²) in [5, 5.41) is 6.91. The number of rotatable bonds is 4. The normalized spacial score (nSPS) is 12.7. The van der Waals surface area contributed by atoms with Gasteiger partial charge in [-0.15, -0.1) is 0 Å². The first-order chi connectivity index (χ1) is 8.63. The third-order valence-corrected chi connectivity index (χ3v) is 3.33. The van der Waals surface area contributed by atoms with Gasteiger partial charge in [0.1, 0.15) is 0 Å². The molecule has 1 aromatic heterocycles. The van der Waals surface area contributed by atoms with Gasteiger partial charge in [0.15, 0.2) is 17.5 Å². The number of benzene rings is 1. The summed E-state index contributed by atoms with van der Waals surface area (Å²) >= 11 is 1.50. The second-order valence-corrected chi connectivity index (χ2v) is 4.63. The largest absolute Gasteiger partial charge is 0.307 e. The van der Waals surface area contributed by atoms with Crippen LogP contribution < -0.4 is 5.32 Å². The second-order valence-electron chi connectivity index (χ2n) is 3.85. The van der Waals surface area contributed by atoms with Gasteiger partial charge in [0.25, 0.3) is 0 Å². The summed E-state index contributed by atoms with van der Waals surface area (Å²) < 4.78 is 39.4. The third-order valence-electron chi connectivity index (χ3n) is 2.62. The van der Waals surface area contributed by atoms with E-state index in [9.17, 15) is 13.2 Å². The average Bonchev–Trinajstić information content (AvgIpc) is 2.86. The summed E-state index contributed by atoms with van der Waals surface area (Å²) in [7, 11) is 0. The summed E-state index contributed by atoms with van der Waals surface area (Å²) in [5.74, 6) is -3.76. The van der Waals surface area contributed by atoms with Crippen molar-refractivity contribution in [2.24, 2.45) is 0 Å². The first kappa shape index (κ1) is 13.1. The minimum Gasteiger partial charge on any atom is -0.307 e. The molecule has 1 heterocycles. The molecule has 2 rings (SSSR count). The molecular formula is C13H12F3NS. The lowest BCUT2D eigenvalue weighted by atomic mass is 10.0. The fourth-order valence-electron chi connectivity index (χ4n) is 1.81. The molecular weight excluding hydrogens is 259 g/mol. The van der Waals surface area contributed by atoms with E-state index in [2.05, 4.69) is 5.32 Å². The molecule has 0 saturated heterocycles. The Hall–Kier alpha value is -1.33. The van der Waals surface area contributed by atoms with Gasteiger partial charge in [-0.3, -0.25) is 0 Å². The van der Waals surface area contributed by atoms with E-state index in [1.807, 2.05) is 23.8 Å². The van der Waals surface area contributed by atoms with Gasteiger partial charge in [0, 0.05) is 0 Å². The highest BCUT2D eigenvalue weighted by Crippen LogP contribution is 2.26. The molecule has 1 atom stereocenters. The highest BCUT2D eigenvalue weighted by molar-refractivity contribution is 7.08. The minimum atomic E-state index is -1.43. The van der Waals surface area contributed by atoms with Crippen LogP contribution in [0.5, 0.6) is 0 Å². The van der Waals surface area contributed by atoms with E-state index < -0.39 is 17.5 Å². The van der Waals surface area contributed by atoms with Crippen molar-refractivity contribution in [1.29, 1.82) is 0 Å². The third kappa shape index (κ3) is 2.57. The Kier molecular flexibility index (Phi) is 4.04. The lowest BCUT2D eigenvalue weighted by Crippen LogP contribution is -2.22. The molecule has 0 aliphatic heterocycles. The fourth-order valence-corrected chi connectivity index (χ4v) is 2.50. The molecule has 0 spiro atoms. The monoisotopic (exact) mass is 271 g/mol. The molecule has 1 aromatic carbocycles. The second kappa shape index (κ2) is 5.54. The van der Waals surface area contributed by atoms with E-state index in [4.69, 9.17) is 0 Å². The van der Waals surface area contributed by atoms with Crippen LogP contribution in [-0.4, -0.2) is 6.54 Å². The van der Waals surface area contributed by atoms with E-state index in [1.165, 1.54) is 11.3 Å². The quantitative estimate of drug-likeness (QED) is 0.832. The summed E-state index contributed by atoms with van der Waals surface area (Å²) in [6, 6.07) is 3.61. The van der Waals surface area contributed by atoms with E-state index in [1.54, 1.807) is 0 Å². The van der Waals surface area contributed by atoms with Gasteiger partial charge in [-0.05, 0) is 46.6 Å². The Balaban J connectivity index is 2.43. The number of hydrogen-bond acceptors (Lipinski definition) is 2. The zero-order chi connectivity index (χ0) is 13.1. The molecule has 2 aromatic rings. The molecule has 0 saturated carbocycles. The van der Waals surface area contributed by atoms with Crippen LogP contribution >= 0.6 is 11.3 Å². The van der Waals surface area contributed by atoms with Crippen molar-refractivity contribution in [2.45, 2.75) is 13.0 Å². The van der Waals surface area contributed by atoms with Crippen LogP contribution in [0.3, 0.4) is 0 Å². The molecule has 1 N–H and O–H groups in total. The van der Waals surface area contributed by atoms with Gasteiger partial charge in [-0.25, -0.2) is 13.2 Å². The highest BCUT2D eigenvalue weighted by Gasteiger charge is 2.18. The minimum absolute atomic E-state index is 0.328. The van der Waals surface area contributed by atoms with Gasteiger partial charge >= 0.3 is 0 Å². The van der Waals surface area contributed by atoms with Gasteiger partial charge in [-0.2, -0.15) is 11.3 Å². The van der Waals surface area contributed by atoms with Gasteiger partial charge in [-0.1, -0.05) is 6.92 Å². The Morgan fingerprint density at radius 2 is 1.83 bits per heavy atom. The van der Waals surface area contributed by atoms with E-state index in [0.717, 1.165) is 17.7 Å². The molecule has 1 unspecified atom stereocenters. The zero-order valence-electron chi connectivity index (χ0n) is 9.71. The summed E-state index contributed by atoms with van der Waals surface area (Å²) in [6.45, 7) is 2.54. The first-order valence-corrected chi connectivity index (χ1v) is 6.47. The van der Waals surface area contributed by atoms with Crippen LogP contribution in [0.4, 0.5) is 13.2 Å². The molecule has 18 heavy (non-hydrogen) atoms. The van der Waals surface area contributed by atoms with Crippen LogP contribution in [0.1, 0.15) is 24.1 Å². The molecule has 0 fully saturated rings. The maximum Gasteiger partial charge on any atom is 0.194 e. The highest BCUT2D eigenvalue weighted by atomic mass is 32.1. The van der Waals surface area contributed by atoms with Crippen LogP contribution in [0, 0.1) is 17.5 Å². The molecule has 0 radical (unpaired) electrons. The van der Waals surface area contributed by atoms with Crippen LogP contribution in [0.2, 0.25) is 0 Å². The smallest absolute Gasteiger partial charge is 0.194 e. The number of halogens is 3. The predicted molar refractivity (Wildman–Crippen MR) is 66.2 cm³/mol. The number of nitrogens with one attached hydrogen (secondary N) is 1. The molecule has 0 aliphatic rings. The fraction of sp³-hybridized carbons (Fsp3) is 0.231. The van der Waals surface area contributed by atoms with Gasteiger partial charge < -0.3 is 5.32 Å².